The summed E-state index contributed by atoms with van der Waals surface area (Å²) in [7, 11) is 0. The Labute approximate surface area is 159 Å². The van der Waals surface area contributed by atoms with E-state index in [1.54, 1.807) is 12.4 Å². The second kappa shape index (κ2) is 7.55. The van der Waals surface area contributed by atoms with Gasteiger partial charge < -0.3 is 14.8 Å². The number of hydrogen-bond donors (Lipinski definition) is 1. The van der Waals surface area contributed by atoms with Crippen molar-refractivity contribution >= 4 is 11.8 Å². The predicted molar refractivity (Wildman–Crippen MR) is 102 cm³/mol. The molecule has 0 bridgehead atoms. The summed E-state index contributed by atoms with van der Waals surface area (Å²) >= 11 is 0. The monoisotopic (exact) mass is 366 g/mol. The first-order valence-electron chi connectivity index (χ1n) is 9.76. The van der Waals surface area contributed by atoms with Crippen molar-refractivity contribution in [1.82, 2.24) is 19.8 Å². The van der Waals surface area contributed by atoms with E-state index in [0.29, 0.717) is 18.8 Å². The van der Waals surface area contributed by atoms with Crippen LogP contribution in [-0.4, -0.2) is 57.8 Å². The second-order valence-electron chi connectivity index (χ2n) is 7.82. The fourth-order valence-corrected chi connectivity index (χ4v) is 4.46. The van der Waals surface area contributed by atoms with E-state index < -0.39 is 0 Å². The summed E-state index contributed by atoms with van der Waals surface area (Å²) < 4.78 is 0. The third-order valence-corrected chi connectivity index (χ3v) is 5.91. The Balaban J connectivity index is 1.42. The van der Waals surface area contributed by atoms with E-state index in [9.17, 15) is 9.59 Å². The maximum atomic E-state index is 12.7. The molecule has 0 aliphatic carbocycles. The van der Waals surface area contributed by atoms with Gasteiger partial charge in [-0.2, -0.15) is 0 Å². The summed E-state index contributed by atoms with van der Waals surface area (Å²) in [5.41, 5.74) is 1.27. The van der Waals surface area contributed by atoms with E-state index in [0.717, 1.165) is 45.3 Å². The highest BCUT2D eigenvalue weighted by molar-refractivity contribution is 5.90. The Morgan fingerprint density at radius 3 is 2.81 bits per heavy atom. The first kappa shape index (κ1) is 17.8. The molecule has 2 amide bonds. The van der Waals surface area contributed by atoms with Gasteiger partial charge in [-0.3, -0.25) is 9.59 Å². The molecule has 2 aliphatic rings. The lowest BCUT2D eigenvalue weighted by atomic mass is 9.73. The molecule has 2 saturated heterocycles. The molecule has 0 radical (unpaired) electrons. The van der Waals surface area contributed by atoms with Crippen molar-refractivity contribution < 1.29 is 9.59 Å². The smallest absolute Gasteiger partial charge is 0.289 e. The number of H-pyrrole nitrogens is 1. The molecule has 142 valence electrons. The SMILES string of the molecule is O=C1CC[C@@]2(CCCN(C(=O)c3ncc[nH]3)C2)CN1CCc1ccccc1. The van der Waals surface area contributed by atoms with Crippen LogP contribution in [0.3, 0.4) is 0 Å². The van der Waals surface area contributed by atoms with Gasteiger partial charge in [0.25, 0.3) is 5.91 Å². The van der Waals surface area contributed by atoms with Gasteiger partial charge in [0.2, 0.25) is 5.91 Å². The number of carbonyl (C=O) groups is 2. The molecule has 4 rings (SSSR count). The average Bonchev–Trinajstić information content (AvgIpc) is 3.24. The molecule has 0 unspecified atom stereocenters. The van der Waals surface area contributed by atoms with Gasteiger partial charge in [-0.15, -0.1) is 0 Å². The minimum atomic E-state index is -0.0354. The van der Waals surface area contributed by atoms with Gasteiger partial charge in [-0.1, -0.05) is 30.3 Å². The Hall–Kier alpha value is -2.63. The van der Waals surface area contributed by atoms with Crippen molar-refractivity contribution in [3.63, 3.8) is 0 Å². The van der Waals surface area contributed by atoms with Crippen LogP contribution in [0.15, 0.2) is 42.7 Å². The van der Waals surface area contributed by atoms with Crippen LogP contribution in [0, 0.1) is 5.41 Å². The number of likely N-dealkylation sites (tertiary alicyclic amines) is 2. The highest BCUT2D eigenvalue weighted by Gasteiger charge is 2.42. The third-order valence-electron chi connectivity index (χ3n) is 5.91. The minimum absolute atomic E-state index is 0.0189. The molecule has 1 atom stereocenters. The first-order valence-corrected chi connectivity index (χ1v) is 9.76. The van der Waals surface area contributed by atoms with Gasteiger partial charge in [0.05, 0.1) is 0 Å². The number of rotatable bonds is 4. The number of piperidine rings is 2. The molecule has 1 spiro atoms. The number of aromatic nitrogens is 2. The van der Waals surface area contributed by atoms with Crippen LogP contribution in [0.4, 0.5) is 0 Å². The molecule has 6 nitrogen and oxygen atoms in total. The lowest BCUT2D eigenvalue weighted by molar-refractivity contribution is -0.138. The van der Waals surface area contributed by atoms with E-state index >= 15 is 0 Å². The van der Waals surface area contributed by atoms with Gasteiger partial charge in [0, 0.05) is 50.4 Å². The number of aromatic amines is 1. The maximum Gasteiger partial charge on any atom is 0.289 e. The van der Waals surface area contributed by atoms with Crippen molar-refractivity contribution in [2.24, 2.45) is 5.41 Å². The van der Waals surface area contributed by atoms with E-state index in [-0.39, 0.29) is 17.2 Å². The van der Waals surface area contributed by atoms with Crippen molar-refractivity contribution in [3.8, 4) is 0 Å². The number of nitrogens with zero attached hydrogens (tertiary/aromatic N) is 3. The molecular formula is C21H26N4O2. The maximum absolute atomic E-state index is 12.7. The van der Waals surface area contributed by atoms with Crippen LogP contribution in [-0.2, 0) is 11.2 Å². The third kappa shape index (κ3) is 3.89. The molecule has 0 saturated carbocycles. The number of carbonyl (C=O) groups excluding carboxylic acids is 2. The summed E-state index contributed by atoms with van der Waals surface area (Å²) in [6.45, 7) is 2.97. The van der Waals surface area contributed by atoms with Gasteiger partial charge in [-0.05, 0) is 31.2 Å². The lowest BCUT2D eigenvalue weighted by Gasteiger charge is -2.48. The van der Waals surface area contributed by atoms with E-state index in [4.69, 9.17) is 0 Å². The zero-order chi connectivity index (χ0) is 18.7. The Bertz CT molecular complexity index is 790. The van der Waals surface area contributed by atoms with Crippen LogP contribution in [0.2, 0.25) is 0 Å². The van der Waals surface area contributed by atoms with Gasteiger partial charge >= 0.3 is 0 Å². The second-order valence-corrected chi connectivity index (χ2v) is 7.82. The molecular weight excluding hydrogens is 340 g/mol. The highest BCUT2D eigenvalue weighted by atomic mass is 16.2. The van der Waals surface area contributed by atoms with Crippen molar-refractivity contribution in [2.45, 2.75) is 32.1 Å². The van der Waals surface area contributed by atoms with Crippen molar-refractivity contribution in [2.75, 3.05) is 26.2 Å². The summed E-state index contributed by atoms with van der Waals surface area (Å²) in [5.74, 6) is 0.609. The van der Waals surface area contributed by atoms with Crippen LogP contribution < -0.4 is 0 Å². The zero-order valence-electron chi connectivity index (χ0n) is 15.6. The Morgan fingerprint density at radius 1 is 1.19 bits per heavy atom. The normalized spacial score (nSPS) is 23.0. The Morgan fingerprint density at radius 2 is 2.04 bits per heavy atom. The van der Waals surface area contributed by atoms with Crippen LogP contribution in [0.5, 0.6) is 0 Å². The van der Waals surface area contributed by atoms with Crippen molar-refractivity contribution in [1.29, 1.82) is 0 Å². The largest absolute Gasteiger partial charge is 0.342 e. The van der Waals surface area contributed by atoms with Gasteiger partial charge in [0.1, 0.15) is 0 Å². The van der Waals surface area contributed by atoms with Crippen molar-refractivity contribution in [3.05, 3.63) is 54.1 Å². The molecule has 2 aromatic rings. The summed E-state index contributed by atoms with van der Waals surface area (Å²) in [6, 6.07) is 10.3. The number of amides is 2. The Kier molecular flexibility index (Phi) is 4.97. The number of benzene rings is 1. The molecule has 27 heavy (non-hydrogen) atoms. The number of nitrogens with one attached hydrogen (secondary N) is 1. The van der Waals surface area contributed by atoms with E-state index in [2.05, 4.69) is 22.1 Å². The van der Waals surface area contributed by atoms with Gasteiger partial charge in [0.15, 0.2) is 5.82 Å². The molecule has 1 N–H and O–H groups in total. The fraction of sp³-hybridized carbons (Fsp3) is 0.476. The molecule has 1 aromatic heterocycles. The lowest BCUT2D eigenvalue weighted by Crippen LogP contribution is -2.55. The summed E-state index contributed by atoms with van der Waals surface area (Å²) in [5, 5.41) is 0. The van der Waals surface area contributed by atoms with Crippen LogP contribution in [0.1, 0.15) is 41.9 Å². The molecule has 2 fully saturated rings. The minimum Gasteiger partial charge on any atom is -0.342 e. The molecule has 6 heteroatoms. The first-order chi connectivity index (χ1) is 13.2. The molecule has 1 aromatic carbocycles. The van der Waals surface area contributed by atoms with E-state index in [1.807, 2.05) is 28.0 Å². The van der Waals surface area contributed by atoms with Crippen LogP contribution in [0.25, 0.3) is 0 Å². The van der Waals surface area contributed by atoms with Gasteiger partial charge in [-0.25, -0.2) is 4.98 Å². The zero-order valence-corrected chi connectivity index (χ0v) is 15.6. The number of imidazole rings is 1. The number of hydrogen-bond acceptors (Lipinski definition) is 3. The summed E-state index contributed by atoms with van der Waals surface area (Å²) in [6.07, 6.45) is 7.66. The topological polar surface area (TPSA) is 69.3 Å². The average molecular weight is 366 g/mol. The molecule has 3 heterocycles. The van der Waals surface area contributed by atoms with E-state index in [1.165, 1.54) is 5.56 Å². The quantitative estimate of drug-likeness (QED) is 0.904. The highest BCUT2D eigenvalue weighted by Crippen LogP contribution is 2.39. The standard InChI is InChI=1S/C21H26N4O2/c26-18-7-10-21(15-24(18)14-8-17-5-2-1-3-6-17)9-4-13-25(16-21)20(27)19-22-11-12-23-19/h1-3,5-6,11-12H,4,7-10,13-16H2,(H,22,23)/t21-/m0/s1. The fourth-order valence-electron chi connectivity index (χ4n) is 4.46. The van der Waals surface area contributed by atoms with Crippen LogP contribution >= 0.6 is 0 Å². The predicted octanol–water partition coefficient (Wildman–Crippen LogP) is 2.50. The molecule has 2 aliphatic heterocycles. The summed E-state index contributed by atoms with van der Waals surface area (Å²) in [4.78, 5) is 36.1.